The van der Waals surface area contributed by atoms with Crippen molar-refractivity contribution < 1.29 is 0 Å². The van der Waals surface area contributed by atoms with Gasteiger partial charge in [-0.2, -0.15) is 0 Å². The first kappa shape index (κ1) is 13.5. The van der Waals surface area contributed by atoms with E-state index in [1.807, 2.05) is 13.0 Å². The molecular weight excluding hydrogens is 310 g/mol. The minimum atomic E-state index is 0.775. The Morgan fingerprint density at radius 1 is 1.39 bits per heavy atom. The molecule has 3 nitrogen and oxygen atoms in total. The van der Waals surface area contributed by atoms with Crippen molar-refractivity contribution in [1.29, 1.82) is 0 Å². The molecule has 0 radical (unpaired) electrons. The summed E-state index contributed by atoms with van der Waals surface area (Å²) in [6.45, 7) is 3.78. The highest BCUT2D eigenvalue weighted by Crippen LogP contribution is 2.21. The second-order valence-corrected chi connectivity index (χ2v) is 6.30. The Morgan fingerprint density at radius 3 is 2.78 bits per heavy atom. The van der Waals surface area contributed by atoms with Gasteiger partial charge in [-0.25, -0.2) is 4.98 Å². The van der Waals surface area contributed by atoms with Gasteiger partial charge < -0.3 is 5.73 Å². The molecule has 0 fully saturated rings. The summed E-state index contributed by atoms with van der Waals surface area (Å²) in [5.41, 5.74) is 8.93. The Morgan fingerprint density at radius 2 is 2.17 bits per heavy atom. The molecule has 0 amide bonds. The van der Waals surface area contributed by atoms with Crippen molar-refractivity contribution in [3.05, 3.63) is 44.3 Å². The smallest absolute Gasteiger partial charge is 0.0897 e. The van der Waals surface area contributed by atoms with E-state index in [0.717, 1.165) is 34.0 Å². The van der Waals surface area contributed by atoms with Crippen LogP contribution in [-0.2, 0) is 13.1 Å². The van der Waals surface area contributed by atoms with Gasteiger partial charge in [-0.1, -0.05) is 6.07 Å². The Bertz CT molecular complexity index is 539. The Hall–Kier alpha value is -0.910. The quantitative estimate of drug-likeness (QED) is 0.876. The molecule has 0 saturated heterocycles. The third-order valence-corrected chi connectivity index (χ3v) is 4.12. The lowest BCUT2D eigenvalue weighted by Gasteiger charge is -2.15. The van der Waals surface area contributed by atoms with E-state index in [0.29, 0.717) is 0 Å². The SMILES string of the molecule is Cc1nc(CN(C)Cc2ccc(N)c(Br)c2)cs1. The van der Waals surface area contributed by atoms with Crippen LogP contribution in [0.4, 0.5) is 5.69 Å². The van der Waals surface area contributed by atoms with Gasteiger partial charge in [0, 0.05) is 28.6 Å². The summed E-state index contributed by atoms with van der Waals surface area (Å²) in [6, 6.07) is 6.06. The molecule has 2 aromatic rings. The number of hydrogen-bond acceptors (Lipinski definition) is 4. The highest BCUT2D eigenvalue weighted by atomic mass is 79.9. The van der Waals surface area contributed by atoms with Crippen LogP contribution in [0, 0.1) is 6.92 Å². The van der Waals surface area contributed by atoms with Crippen LogP contribution in [-0.4, -0.2) is 16.9 Å². The fourth-order valence-electron chi connectivity index (χ4n) is 1.79. The lowest BCUT2D eigenvalue weighted by Crippen LogP contribution is -2.17. The number of nitrogen functional groups attached to an aromatic ring is 1. The second kappa shape index (κ2) is 5.82. The summed E-state index contributed by atoms with van der Waals surface area (Å²) >= 11 is 5.15. The van der Waals surface area contributed by atoms with Crippen LogP contribution < -0.4 is 5.73 Å². The average molecular weight is 326 g/mol. The largest absolute Gasteiger partial charge is 0.398 e. The average Bonchev–Trinajstić information content (AvgIpc) is 2.69. The molecule has 96 valence electrons. The molecule has 2 N–H and O–H groups in total. The predicted molar refractivity (Wildman–Crippen MR) is 80.6 cm³/mol. The molecule has 0 atom stereocenters. The van der Waals surface area contributed by atoms with Crippen molar-refractivity contribution in [1.82, 2.24) is 9.88 Å². The van der Waals surface area contributed by atoms with Gasteiger partial charge in [0.15, 0.2) is 0 Å². The zero-order valence-corrected chi connectivity index (χ0v) is 12.9. The summed E-state index contributed by atoms with van der Waals surface area (Å²) < 4.78 is 0.956. The number of aromatic nitrogens is 1. The molecule has 0 bridgehead atoms. The molecule has 1 heterocycles. The van der Waals surface area contributed by atoms with Gasteiger partial charge in [-0.05, 0) is 47.6 Å². The lowest BCUT2D eigenvalue weighted by atomic mass is 10.2. The number of benzene rings is 1. The van der Waals surface area contributed by atoms with Crippen LogP contribution in [0.5, 0.6) is 0 Å². The molecule has 0 unspecified atom stereocenters. The molecule has 1 aromatic carbocycles. The molecule has 2 rings (SSSR count). The van der Waals surface area contributed by atoms with E-state index >= 15 is 0 Å². The van der Waals surface area contributed by atoms with Crippen LogP contribution in [0.3, 0.4) is 0 Å². The Balaban J connectivity index is 1.98. The summed E-state index contributed by atoms with van der Waals surface area (Å²) in [4.78, 5) is 6.71. The van der Waals surface area contributed by atoms with E-state index in [2.05, 4.69) is 50.4 Å². The lowest BCUT2D eigenvalue weighted by molar-refractivity contribution is 0.315. The molecule has 5 heteroatoms. The predicted octanol–water partition coefficient (Wildman–Crippen LogP) is 3.43. The van der Waals surface area contributed by atoms with Crippen molar-refractivity contribution in [2.75, 3.05) is 12.8 Å². The Labute approximate surface area is 120 Å². The first-order chi connectivity index (χ1) is 8.54. The van der Waals surface area contributed by atoms with E-state index in [4.69, 9.17) is 5.73 Å². The maximum atomic E-state index is 5.78. The van der Waals surface area contributed by atoms with Crippen molar-refractivity contribution in [3.63, 3.8) is 0 Å². The molecule has 18 heavy (non-hydrogen) atoms. The zero-order chi connectivity index (χ0) is 13.1. The number of hydrogen-bond donors (Lipinski definition) is 1. The normalized spacial score (nSPS) is 11.1. The van der Waals surface area contributed by atoms with Crippen molar-refractivity contribution in [3.8, 4) is 0 Å². The number of nitrogens with zero attached hydrogens (tertiary/aromatic N) is 2. The molecule has 0 aliphatic rings. The van der Waals surface area contributed by atoms with Gasteiger partial charge in [0.05, 0.1) is 10.7 Å². The number of thiazole rings is 1. The van der Waals surface area contributed by atoms with Crippen LogP contribution in [0.25, 0.3) is 0 Å². The molecule has 0 saturated carbocycles. The maximum Gasteiger partial charge on any atom is 0.0897 e. The third-order valence-electron chi connectivity index (χ3n) is 2.62. The van der Waals surface area contributed by atoms with Crippen molar-refractivity contribution in [2.45, 2.75) is 20.0 Å². The third kappa shape index (κ3) is 3.54. The van der Waals surface area contributed by atoms with Crippen LogP contribution in [0.15, 0.2) is 28.1 Å². The zero-order valence-electron chi connectivity index (χ0n) is 10.5. The maximum absolute atomic E-state index is 5.78. The van der Waals surface area contributed by atoms with E-state index < -0.39 is 0 Å². The van der Waals surface area contributed by atoms with Crippen LogP contribution in [0.1, 0.15) is 16.3 Å². The van der Waals surface area contributed by atoms with E-state index in [-0.39, 0.29) is 0 Å². The van der Waals surface area contributed by atoms with E-state index in [1.165, 1.54) is 5.56 Å². The van der Waals surface area contributed by atoms with E-state index in [9.17, 15) is 0 Å². The first-order valence-electron chi connectivity index (χ1n) is 5.68. The number of anilines is 1. The van der Waals surface area contributed by atoms with Gasteiger partial charge in [0.1, 0.15) is 0 Å². The molecule has 0 aliphatic heterocycles. The standard InChI is InChI=1S/C13H16BrN3S/c1-9-16-11(8-18-9)7-17(2)6-10-3-4-13(15)12(14)5-10/h3-5,8H,6-7,15H2,1-2H3. The van der Waals surface area contributed by atoms with E-state index in [1.54, 1.807) is 11.3 Å². The fraction of sp³-hybridized carbons (Fsp3) is 0.308. The molecule has 1 aromatic heterocycles. The highest BCUT2D eigenvalue weighted by Gasteiger charge is 2.05. The molecule has 0 aliphatic carbocycles. The van der Waals surface area contributed by atoms with Crippen LogP contribution >= 0.6 is 27.3 Å². The van der Waals surface area contributed by atoms with Crippen molar-refractivity contribution in [2.24, 2.45) is 0 Å². The van der Waals surface area contributed by atoms with Crippen molar-refractivity contribution >= 4 is 33.0 Å². The monoisotopic (exact) mass is 325 g/mol. The number of rotatable bonds is 4. The minimum absolute atomic E-state index is 0.775. The van der Waals surface area contributed by atoms with Gasteiger partial charge in [-0.15, -0.1) is 11.3 Å². The van der Waals surface area contributed by atoms with Gasteiger partial charge in [-0.3, -0.25) is 4.90 Å². The highest BCUT2D eigenvalue weighted by molar-refractivity contribution is 9.10. The summed E-state index contributed by atoms with van der Waals surface area (Å²) in [5, 5.41) is 3.23. The van der Waals surface area contributed by atoms with Gasteiger partial charge in [0.2, 0.25) is 0 Å². The number of nitrogens with two attached hydrogens (primary N) is 1. The second-order valence-electron chi connectivity index (χ2n) is 4.39. The Kier molecular flexibility index (Phi) is 4.37. The summed E-state index contributed by atoms with van der Waals surface area (Å²) in [7, 11) is 2.10. The molecule has 0 spiro atoms. The fourth-order valence-corrected chi connectivity index (χ4v) is 2.82. The summed E-state index contributed by atoms with van der Waals surface area (Å²) in [6.07, 6.45) is 0. The number of halogens is 1. The minimum Gasteiger partial charge on any atom is -0.398 e. The van der Waals surface area contributed by atoms with Gasteiger partial charge >= 0.3 is 0 Å². The first-order valence-corrected chi connectivity index (χ1v) is 7.35. The number of aryl methyl sites for hydroxylation is 1. The van der Waals surface area contributed by atoms with Gasteiger partial charge in [0.25, 0.3) is 0 Å². The van der Waals surface area contributed by atoms with Crippen LogP contribution in [0.2, 0.25) is 0 Å². The summed E-state index contributed by atoms with van der Waals surface area (Å²) in [5.74, 6) is 0. The topological polar surface area (TPSA) is 42.2 Å². The molecular formula is C13H16BrN3S.